The first-order chi connectivity index (χ1) is 7.11. The molecule has 84 valence electrons. The SMILES string of the molecule is COc1cncc(OC)c1C(O)C(F)F. The molecule has 15 heavy (non-hydrogen) atoms. The van der Waals surface area contributed by atoms with E-state index in [1.165, 1.54) is 26.6 Å². The van der Waals surface area contributed by atoms with Crippen molar-refractivity contribution in [1.29, 1.82) is 0 Å². The van der Waals surface area contributed by atoms with Gasteiger partial charge in [-0.2, -0.15) is 0 Å². The maximum Gasteiger partial charge on any atom is 0.268 e. The van der Waals surface area contributed by atoms with E-state index in [0.717, 1.165) is 0 Å². The summed E-state index contributed by atoms with van der Waals surface area (Å²) in [6, 6.07) is 0. The molecule has 1 aromatic heterocycles. The Balaban J connectivity index is 3.21. The maximum atomic E-state index is 12.4. The van der Waals surface area contributed by atoms with Crippen LogP contribution < -0.4 is 9.47 Å². The molecular formula is C9H11F2NO3. The zero-order chi connectivity index (χ0) is 11.4. The number of aromatic nitrogens is 1. The van der Waals surface area contributed by atoms with Crippen molar-refractivity contribution in [2.24, 2.45) is 0 Å². The summed E-state index contributed by atoms with van der Waals surface area (Å²) in [5, 5.41) is 9.28. The smallest absolute Gasteiger partial charge is 0.268 e. The van der Waals surface area contributed by atoms with Crippen molar-refractivity contribution in [3.05, 3.63) is 18.0 Å². The first kappa shape index (κ1) is 11.6. The van der Waals surface area contributed by atoms with Crippen molar-refractivity contribution < 1.29 is 23.4 Å². The number of methoxy groups -OCH3 is 2. The number of rotatable bonds is 4. The zero-order valence-corrected chi connectivity index (χ0v) is 8.28. The summed E-state index contributed by atoms with van der Waals surface area (Å²) >= 11 is 0. The van der Waals surface area contributed by atoms with E-state index in [4.69, 9.17) is 9.47 Å². The van der Waals surface area contributed by atoms with Crippen molar-refractivity contribution in [2.75, 3.05) is 14.2 Å². The summed E-state index contributed by atoms with van der Waals surface area (Å²) in [4.78, 5) is 3.72. The molecule has 1 atom stereocenters. The Bertz CT molecular complexity index is 311. The maximum absolute atomic E-state index is 12.4. The summed E-state index contributed by atoms with van der Waals surface area (Å²) in [5.41, 5.74) is -0.0926. The van der Waals surface area contributed by atoms with Gasteiger partial charge in [-0.25, -0.2) is 8.78 Å². The van der Waals surface area contributed by atoms with Gasteiger partial charge in [0.1, 0.15) is 17.6 Å². The monoisotopic (exact) mass is 219 g/mol. The van der Waals surface area contributed by atoms with Crippen molar-refractivity contribution in [2.45, 2.75) is 12.5 Å². The second-order valence-corrected chi connectivity index (χ2v) is 2.74. The van der Waals surface area contributed by atoms with Crippen LogP contribution in [0.3, 0.4) is 0 Å². The molecule has 1 rings (SSSR count). The number of pyridine rings is 1. The van der Waals surface area contributed by atoms with Gasteiger partial charge >= 0.3 is 0 Å². The number of hydrogen-bond acceptors (Lipinski definition) is 4. The van der Waals surface area contributed by atoms with Gasteiger partial charge in [-0.1, -0.05) is 0 Å². The molecule has 1 unspecified atom stereocenters. The van der Waals surface area contributed by atoms with Gasteiger partial charge in [-0.3, -0.25) is 4.98 Å². The van der Waals surface area contributed by atoms with Gasteiger partial charge < -0.3 is 14.6 Å². The van der Waals surface area contributed by atoms with Crippen LogP contribution in [-0.4, -0.2) is 30.7 Å². The molecule has 0 saturated carbocycles. The van der Waals surface area contributed by atoms with E-state index >= 15 is 0 Å². The van der Waals surface area contributed by atoms with Crippen LogP contribution in [0.5, 0.6) is 11.5 Å². The number of hydrogen-bond donors (Lipinski definition) is 1. The van der Waals surface area contributed by atoms with Crippen molar-refractivity contribution >= 4 is 0 Å². The van der Waals surface area contributed by atoms with Crippen molar-refractivity contribution in [3.8, 4) is 11.5 Å². The molecule has 0 spiro atoms. The molecule has 1 heterocycles. The topological polar surface area (TPSA) is 51.6 Å². The molecular weight excluding hydrogens is 208 g/mol. The standard InChI is InChI=1S/C9H11F2NO3/c1-14-5-3-12-4-6(15-2)7(5)8(13)9(10)11/h3-4,8-9,13H,1-2H3. The number of alkyl halides is 2. The van der Waals surface area contributed by atoms with Gasteiger partial charge in [0.25, 0.3) is 6.43 Å². The molecule has 0 saturated heterocycles. The van der Waals surface area contributed by atoms with E-state index in [2.05, 4.69) is 4.98 Å². The molecule has 1 N–H and O–H groups in total. The molecule has 1 aromatic rings. The van der Waals surface area contributed by atoms with Gasteiger partial charge in [-0.05, 0) is 0 Å². The number of aliphatic hydroxyl groups excluding tert-OH is 1. The Morgan fingerprint density at radius 2 is 1.67 bits per heavy atom. The van der Waals surface area contributed by atoms with Gasteiger partial charge in [0.05, 0.1) is 32.2 Å². The highest BCUT2D eigenvalue weighted by Gasteiger charge is 2.26. The molecule has 0 aliphatic rings. The number of nitrogens with zero attached hydrogens (tertiary/aromatic N) is 1. The van der Waals surface area contributed by atoms with Gasteiger partial charge in [-0.15, -0.1) is 0 Å². The Hall–Kier alpha value is -1.43. The number of halogens is 2. The third kappa shape index (κ3) is 2.33. The van der Waals surface area contributed by atoms with Crippen LogP contribution in [0.1, 0.15) is 11.7 Å². The average molecular weight is 219 g/mol. The molecule has 6 heteroatoms. The fourth-order valence-electron chi connectivity index (χ4n) is 1.18. The quantitative estimate of drug-likeness (QED) is 0.831. The van der Waals surface area contributed by atoms with Gasteiger partial charge in [0.2, 0.25) is 0 Å². The third-order valence-corrected chi connectivity index (χ3v) is 1.89. The van der Waals surface area contributed by atoms with Crippen LogP contribution in [0.15, 0.2) is 12.4 Å². The van der Waals surface area contributed by atoms with E-state index < -0.39 is 12.5 Å². The second-order valence-electron chi connectivity index (χ2n) is 2.74. The van der Waals surface area contributed by atoms with E-state index in [-0.39, 0.29) is 17.1 Å². The minimum absolute atomic E-state index is 0.0714. The van der Waals surface area contributed by atoms with Crippen LogP contribution in [-0.2, 0) is 0 Å². The predicted octanol–water partition coefficient (Wildman–Crippen LogP) is 1.40. The molecule has 0 amide bonds. The lowest BCUT2D eigenvalue weighted by atomic mass is 10.1. The van der Waals surface area contributed by atoms with Crippen LogP contribution in [0, 0.1) is 0 Å². The van der Waals surface area contributed by atoms with Crippen LogP contribution in [0.25, 0.3) is 0 Å². The van der Waals surface area contributed by atoms with E-state index in [1.54, 1.807) is 0 Å². The van der Waals surface area contributed by atoms with E-state index in [9.17, 15) is 13.9 Å². The molecule has 0 radical (unpaired) electrons. The third-order valence-electron chi connectivity index (χ3n) is 1.89. The normalized spacial score (nSPS) is 12.7. The minimum atomic E-state index is -2.91. The molecule has 0 bridgehead atoms. The van der Waals surface area contributed by atoms with Crippen LogP contribution in [0.2, 0.25) is 0 Å². The second kappa shape index (κ2) is 4.88. The Kier molecular flexibility index (Phi) is 3.79. The Morgan fingerprint density at radius 3 is 2.00 bits per heavy atom. The lowest BCUT2D eigenvalue weighted by Crippen LogP contribution is -2.11. The lowest BCUT2D eigenvalue weighted by molar-refractivity contribution is -0.00831. The Morgan fingerprint density at radius 1 is 1.20 bits per heavy atom. The predicted molar refractivity (Wildman–Crippen MR) is 48.3 cm³/mol. The van der Waals surface area contributed by atoms with Crippen LogP contribution in [0.4, 0.5) is 8.78 Å². The molecule has 4 nitrogen and oxygen atoms in total. The average Bonchev–Trinajstić information content (AvgIpc) is 2.26. The number of aliphatic hydroxyl groups is 1. The first-order valence-electron chi connectivity index (χ1n) is 4.14. The highest BCUT2D eigenvalue weighted by molar-refractivity contribution is 5.43. The summed E-state index contributed by atoms with van der Waals surface area (Å²) in [6.45, 7) is 0. The van der Waals surface area contributed by atoms with Crippen molar-refractivity contribution in [3.63, 3.8) is 0 Å². The van der Waals surface area contributed by atoms with E-state index in [1.807, 2.05) is 0 Å². The first-order valence-corrected chi connectivity index (χ1v) is 4.14. The fraction of sp³-hybridized carbons (Fsp3) is 0.444. The lowest BCUT2D eigenvalue weighted by Gasteiger charge is -2.16. The molecule has 0 aliphatic carbocycles. The molecule has 0 aliphatic heterocycles. The minimum Gasteiger partial charge on any atom is -0.495 e. The van der Waals surface area contributed by atoms with Gasteiger partial charge in [0.15, 0.2) is 0 Å². The Labute approximate surface area is 85.5 Å². The largest absolute Gasteiger partial charge is 0.495 e. The highest BCUT2D eigenvalue weighted by atomic mass is 19.3. The van der Waals surface area contributed by atoms with Gasteiger partial charge in [0, 0.05) is 0 Å². The molecule has 0 aromatic carbocycles. The van der Waals surface area contributed by atoms with E-state index in [0.29, 0.717) is 0 Å². The summed E-state index contributed by atoms with van der Waals surface area (Å²) in [5.74, 6) is 0.143. The number of ether oxygens (including phenoxy) is 2. The van der Waals surface area contributed by atoms with Crippen LogP contribution >= 0.6 is 0 Å². The zero-order valence-electron chi connectivity index (χ0n) is 8.28. The summed E-state index contributed by atoms with van der Waals surface area (Å²) in [7, 11) is 2.61. The fourth-order valence-corrected chi connectivity index (χ4v) is 1.18. The summed E-state index contributed by atoms with van der Waals surface area (Å²) < 4.78 is 34.4. The summed E-state index contributed by atoms with van der Waals surface area (Å²) in [6.07, 6.45) is -2.37. The highest BCUT2D eigenvalue weighted by Crippen LogP contribution is 2.35. The van der Waals surface area contributed by atoms with Crippen molar-refractivity contribution in [1.82, 2.24) is 4.98 Å². The molecule has 0 fully saturated rings.